The van der Waals surface area contributed by atoms with Crippen LogP contribution in [0.2, 0.25) is 0 Å². The lowest BCUT2D eigenvalue weighted by Crippen LogP contribution is -2.48. The van der Waals surface area contributed by atoms with Gasteiger partial charge in [-0.2, -0.15) is 0 Å². The van der Waals surface area contributed by atoms with Gasteiger partial charge in [0.1, 0.15) is 11.5 Å². The van der Waals surface area contributed by atoms with Gasteiger partial charge in [0.05, 0.1) is 30.5 Å². The van der Waals surface area contributed by atoms with Crippen molar-refractivity contribution < 1.29 is 19.1 Å². The molecular formula is C36H40N4O4. The van der Waals surface area contributed by atoms with Gasteiger partial charge in [-0.05, 0) is 106 Å². The fourth-order valence-corrected chi connectivity index (χ4v) is 6.27. The van der Waals surface area contributed by atoms with Crippen LogP contribution in [0, 0.1) is 5.92 Å². The van der Waals surface area contributed by atoms with Crippen LogP contribution >= 0.6 is 0 Å². The third kappa shape index (κ3) is 6.80. The highest BCUT2D eigenvalue weighted by atomic mass is 16.5. The highest BCUT2D eigenvalue weighted by Crippen LogP contribution is 2.41. The Labute approximate surface area is 259 Å². The van der Waals surface area contributed by atoms with Crippen LogP contribution < -0.4 is 19.7 Å². The number of amides is 2. The van der Waals surface area contributed by atoms with Crippen LogP contribution in [0.3, 0.4) is 0 Å². The highest BCUT2D eigenvalue weighted by molar-refractivity contribution is 5.97. The summed E-state index contributed by atoms with van der Waals surface area (Å²) in [4.78, 5) is 33.3. The third-order valence-corrected chi connectivity index (χ3v) is 8.45. The average Bonchev–Trinajstić information content (AvgIpc) is 3.76. The van der Waals surface area contributed by atoms with Crippen molar-refractivity contribution in [2.24, 2.45) is 5.92 Å². The molecule has 0 radical (unpaired) electrons. The van der Waals surface area contributed by atoms with Crippen LogP contribution in [0.5, 0.6) is 11.5 Å². The Bertz CT molecular complexity index is 1530. The van der Waals surface area contributed by atoms with Crippen molar-refractivity contribution in [2.45, 2.75) is 77.2 Å². The largest absolute Gasteiger partial charge is 0.491 e. The number of piperidine rings is 1. The Morgan fingerprint density at radius 3 is 2.25 bits per heavy atom. The molecule has 2 amide bonds. The first-order valence-corrected chi connectivity index (χ1v) is 15.6. The van der Waals surface area contributed by atoms with Gasteiger partial charge in [-0.15, -0.1) is 0 Å². The van der Waals surface area contributed by atoms with Gasteiger partial charge in [0.15, 0.2) is 0 Å². The fourth-order valence-electron chi connectivity index (χ4n) is 6.27. The van der Waals surface area contributed by atoms with E-state index in [1.165, 1.54) is 12.8 Å². The summed E-state index contributed by atoms with van der Waals surface area (Å²) in [5.41, 5.74) is 3.65. The number of rotatable bonds is 10. The van der Waals surface area contributed by atoms with Crippen molar-refractivity contribution in [3.8, 4) is 17.2 Å². The third-order valence-electron chi connectivity index (χ3n) is 8.45. The van der Waals surface area contributed by atoms with Crippen molar-refractivity contribution in [3.05, 3.63) is 103 Å². The van der Waals surface area contributed by atoms with E-state index in [9.17, 15) is 9.59 Å². The number of hydrogen-bond acceptors (Lipinski definition) is 5. The van der Waals surface area contributed by atoms with Crippen LogP contribution in [-0.4, -0.2) is 33.6 Å². The minimum absolute atomic E-state index is 0.00103. The number of nitrogens with zero attached hydrogens (tertiary/aromatic N) is 3. The molecule has 2 heterocycles. The molecule has 3 aromatic carbocycles. The molecule has 44 heavy (non-hydrogen) atoms. The van der Waals surface area contributed by atoms with E-state index in [1.807, 2.05) is 97.4 Å². The smallest absolute Gasteiger partial charge is 0.227 e. The van der Waals surface area contributed by atoms with Crippen LogP contribution in [-0.2, 0) is 16.1 Å². The summed E-state index contributed by atoms with van der Waals surface area (Å²) in [6, 6.07) is 23.1. The minimum atomic E-state index is -0.463. The molecule has 2 atom stereocenters. The van der Waals surface area contributed by atoms with Crippen molar-refractivity contribution in [3.63, 3.8) is 0 Å². The highest BCUT2D eigenvalue weighted by Gasteiger charge is 2.41. The first-order chi connectivity index (χ1) is 21.4. The van der Waals surface area contributed by atoms with Gasteiger partial charge in [-0.25, -0.2) is 4.98 Å². The average molecular weight is 593 g/mol. The predicted octanol–water partition coefficient (Wildman–Crippen LogP) is 6.78. The Morgan fingerprint density at radius 1 is 0.909 bits per heavy atom. The molecule has 1 saturated heterocycles. The van der Waals surface area contributed by atoms with Gasteiger partial charge in [-0.3, -0.25) is 9.59 Å². The zero-order valence-corrected chi connectivity index (χ0v) is 25.4. The van der Waals surface area contributed by atoms with E-state index < -0.39 is 12.0 Å². The van der Waals surface area contributed by atoms with Gasteiger partial charge in [-0.1, -0.05) is 24.3 Å². The molecule has 1 aliphatic heterocycles. The molecular weight excluding hydrogens is 552 g/mol. The number of anilines is 1. The standard InChI is InChI=1S/C36H40N4O4/c1-25(2)43-31-15-9-27(10-16-31)35-33(36(42)38-23-26-7-11-28(12-8-26)39-22-21-37-24-39)19-20-34(41)40(35)29-13-17-32(18-14-29)44-30-5-3-4-6-30/h7-18,21-22,24-25,30,33,35H,3-6,19-20,23H2,1-2H3,(H,38,42). The lowest BCUT2D eigenvalue weighted by Gasteiger charge is -2.41. The first kappa shape index (κ1) is 29.5. The number of aromatic nitrogens is 2. The van der Waals surface area contributed by atoms with Gasteiger partial charge < -0.3 is 24.3 Å². The molecule has 1 aromatic heterocycles. The van der Waals surface area contributed by atoms with Crippen LogP contribution in [0.4, 0.5) is 5.69 Å². The van der Waals surface area contributed by atoms with E-state index in [2.05, 4.69) is 10.3 Å². The number of hydrogen-bond donors (Lipinski definition) is 1. The second-order valence-corrected chi connectivity index (χ2v) is 12.0. The van der Waals surface area contributed by atoms with Crippen molar-refractivity contribution >= 4 is 17.5 Å². The number of benzene rings is 3. The van der Waals surface area contributed by atoms with Gasteiger partial charge in [0, 0.05) is 36.7 Å². The Kier molecular flexibility index (Phi) is 8.96. The quantitative estimate of drug-likeness (QED) is 0.219. The van der Waals surface area contributed by atoms with Crippen LogP contribution in [0.1, 0.15) is 69.5 Å². The molecule has 228 valence electrons. The maximum atomic E-state index is 13.8. The van der Waals surface area contributed by atoms with Gasteiger partial charge in [0.2, 0.25) is 11.8 Å². The summed E-state index contributed by atoms with van der Waals surface area (Å²) in [6.07, 6.45) is 11.0. The molecule has 2 fully saturated rings. The Balaban J connectivity index is 1.23. The van der Waals surface area contributed by atoms with E-state index >= 15 is 0 Å². The lowest BCUT2D eigenvalue weighted by molar-refractivity contribution is -0.129. The van der Waals surface area contributed by atoms with E-state index in [1.54, 1.807) is 17.4 Å². The Hall–Kier alpha value is -4.59. The number of imidazole rings is 1. The van der Waals surface area contributed by atoms with E-state index in [4.69, 9.17) is 9.47 Å². The Morgan fingerprint density at radius 2 is 1.59 bits per heavy atom. The number of ether oxygens (including phenoxy) is 2. The summed E-state index contributed by atoms with van der Waals surface area (Å²) in [7, 11) is 0. The maximum Gasteiger partial charge on any atom is 0.227 e. The molecule has 2 aliphatic rings. The molecule has 2 unspecified atom stereocenters. The molecule has 0 bridgehead atoms. The van der Waals surface area contributed by atoms with Crippen LogP contribution in [0.25, 0.3) is 5.69 Å². The summed E-state index contributed by atoms with van der Waals surface area (Å²) in [6.45, 7) is 4.37. The molecule has 0 spiro atoms. The van der Waals surface area contributed by atoms with E-state index in [0.717, 1.165) is 46.8 Å². The topological polar surface area (TPSA) is 85.7 Å². The summed E-state index contributed by atoms with van der Waals surface area (Å²) >= 11 is 0. The molecule has 4 aromatic rings. The maximum absolute atomic E-state index is 13.8. The van der Waals surface area contributed by atoms with Crippen molar-refractivity contribution in [1.82, 2.24) is 14.9 Å². The zero-order valence-electron chi connectivity index (χ0n) is 25.4. The minimum Gasteiger partial charge on any atom is -0.491 e. The normalized spacial score (nSPS) is 18.9. The fraction of sp³-hybridized carbons (Fsp3) is 0.361. The molecule has 1 N–H and O–H groups in total. The first-order valence-electron chi connectivity index (χ1n) is 15.6. The number of nitrogens with one attached hydrogen (secondary N) is 1. The molecule has 1 aliphatic carbocycles. The zero-order chi connectivity index (χ0) is 30.5. The van der Waals surface area contributed by atoms with Gasteiger partial charge >= 0.3 is 0 Å². The molecule has 8 heteroatoms. The predicted molar refractivity (Wildman–Crippen MR) is 170 cm³/mol. The number of carbonyl (C=O) groups excluding carboxylic acids is 2. The van der Waals surface area contributed by atoms with Gasteiger partial charge in [0.25, 0.3) is 0 Å². The van der Waals surface area contributed by atoms with E-state index in [-0.39, 0.29) is 24.0 Å². The van der Waals surface area contributed by atoms with Crippen LogP contribution in [0.15, 0.2) is 91.5 Å². The summed E-state index contributed by atoms with van der Waals surface area (Å²) < 4.78 is 14.0. The monoisotopic (exact) mass is 592 g/mol. The summed E-state index contributed by atoms with van der Waals surface area (Å²) in [5, 5.41) is 3.16. The van der Waals surface area contributed by atoms with E-state index in [0.29, 0.717) is 19.4 Å². The molecule has 6 rings (SSSR count). The SMILES string of the molecule is CC(C)Oc1ccc(C2C(C(=O)NCc3ccc(-n4ccnc4)cc3)CCC(=O)N2c2ccc(OC3CCCC3)cc2)cc1. The van der Waals surface area contributed by atoms with Crippen molar-refractivity contribution in [2.75, 3.05) is 4.90 Å². The molecule has 8 nitrogen and oxygen atoms in total. The number of carbonyl (C=O) groups is 2. The summed E-state index contributed by atoms with van der Waals surface area (Å²) in [5.74, 6) is 1.07. The second-order valence-electron chi connectivity index (χ2n) is 12.0. The second kappa shape index (κ2) is 13.4. The lowest BCUT2D eigenvalue weighted by atomic mass is 9.83. The van der Waals surface area contributed by atoms with Crippen molar-refractivity contribution in [1.29, 1.82) is 0 Å². The molecule has 1 saturated carbocycles.